The summed E-state index contributed by atoms with van der Waals surface area (Å²) in [4.78, 5) is 23.9. The third-order valence-corrected chi connectivity index (χ3v) is 3.58. The Hall–Kier alpha value is -1.62. The van der Waals surface area contributed by atoms with Crippen LogP contribution in [0.5, 0.6) is 0 Å². The molecule has 1 aromatic rings. The maximum atomic E-state index is 11.7. The number of thiophene rings is 1. The van der Waals surface area contributed by atoms with Crippen molar-refractivity contribution in [2.75, 3.05) is 0 Å². The molecule has 0 radical (unpaired) electrons. The van der Waals surface area contributed by atoms with Gasteiger partial charge in [0.2, 0.25) is 5.91 Å². The fourth-order valence-electron chi connectivity index (χ4n) is 1.64. The highest BCUT2D eigenvalue weighted by Crippen LogP contribution is 2.11. The van der Waals surface area contributed by atoms with E-state index in [9.17, 15) is 9.59 Å². The lowest BCUT2D eigenvalue weighted by atomic mass is 10.1. The van der Waals surface area contributed by atoms with Gasteiger partial charge in [0.25, 0.3) is 0 Å². The van der Waals surface area contributed by atoms with Crippen molar-refractivity contribution in [3.05, 3.63) is 34.5 Å². The largest absolute Gasteiger partial charge is 0.480 e. The van der Waals surface area contributed by atoms with Crippen molar-refractivity contribution in [2.24, 2.45) is 0 Å². The van der Waals surface area contributed by atoms with Crippen LogP contribution in [0.2, 0.25) is 0 Å². The molecule has 1 atom stereocenters. The van der Waals surface area contributed by atoms with Crippen LogP contribution in [-0.4, -0.2) is 23.0 Å². The monoisotopic (exact) mass is 281 g/mol. The van der Waals surface area contributed by atoms with E-state index in [0.717, 1.165) is 12.8 Å². The van der Waals surface area contributed by atoms with Gasteiger partial charge in [0.05, 0.1) is 0 Å². The van der Waals surface area contributed by atoms with Crippen molar-refractivity contribution in [3.63, 3.8) is 0 Å². The molecule has 1 heterocycles. The average molecular weight is 281 g/mol. The Morgan fingerprint density at radius 2 is 2.32 bits per heavy atom. The molecule has 1 aromatic heterocycles. The Labute approximate surface area is 117 Å². The van der Waals surface area contributed by atoms with Gasteiger partial charge in [-0.15, -0.1) is 11.3 Å². The van der Waals surface area contributed by atoms with Gasteiger partial charge in [0, 0.05) is 11.3 Å². The second-order valence-corrected chi connectivity index (χ2v) is 5.23. The minimum Gasteiger partial charge on any atom is -0.480 e. The number of aliphatic carboxylic acids is 1. The van der Waals surface area contributed by atoms with Crippen LogP contribution in [0.1, 0.15) is 31.1 Å². The molecule has 1 rings (SSSR count). The first-order chi connectivity index (χ1) is 9.13. The van der Waals surface area contributed by atoms with Gasteiger partial charge in [-0.1, -0.05) is 18.2 Å². The number of carbonyl (C=O) groups is 2. The first-order valence-electron chi connectivity index (χ1n) is 6.29. The summed E-state index contributed by atoms with van der Waals surface area (Å²) in [7, 11) is 0. The molecule has 0 aliphatic rings. The summed E-state index contributed by atoms with van der Waals surface area (Å²) in [6.45, 7) is 1.82. The normalized spacial score (nSPS) is 12.5. The van der Waals surface area contributed by atoms with Crippen molar-refractivity contribution in [3.8, 4) is 0 Å². The van der Waals surface area contributed by atoms with Gasteiger partial charge in [-0.25, -0.2) is 4.79 Å². The summed E-state index contributed by atoms with van der Waals surface area (Å²) >= 11 is 1.67. The van der Waals surface area contributed by atoms with Crippen LogP contribution >= 0.6 is 11.3 Å². The van der Waals surface area contributed by atoms with Crippen LogP contribution in [0.25, 0.3) is 0 Å². The van der Waals surface area contributed by atoms with E-state index >= 15 is 0 Å². The number of nitrogens with one attached hydrogen (secondary N) is 1. The van der Waals surface area contributed by atoms with E-state index in [1.807, 2.05) is 24.4 Å². The smallest absolute Gasteiger partial charge is 0.326 e. The molecule has 1 unspecified atom stereocenters. The topological polar surface area (TPSA) is 66.4 Å². The molecular formula is C14H19NO3S. The number of amides is 1. The predicted molar refractivity (Wildman–Crippen MR) is 76.3 cm³/mol. The number of allylic oxidation sites excluding steroid dienone is 1. The number of carbonyl (C=O) groups excluding carboxylic acids is 1. The van der Waals surface area contributed by atoms with Crippen molar-refractivity contribution < 1.29 is 14.7 Å². The number of aryl methyl sites for hydroxylation is 1. The highest BCUT2D eigenvalue weighted by atomic mass is 32.1. The number of hydrogen-bond acceptors (Lipinski definition) is 3. The van der Waals surface area contributed by atoms with Gasteiger partial charge in [-0.05, 0) is 37.6 Å². The van der Waals surface area contributed by atoms with Crippen molar-refractivity contribution in [2.45, 2.75) is 38.6 Å². The summed E-state index contributed by atoms with van der Waals surface area (Å²) < 4.78 is 0. The minimum atomic E-state index is -0.996. The Bertz CT molecular complexity index is 426. The molecule has 0 spiro atoms. The molecule has 0 saturated heterocycles. The molecule has 2 N–H and O–H groups in total. The van der Waals surface area contributed by atoms with Gasteiger partial charge < -0.3 is 10.4 Å². The third-order valence-electron chi connectivity index (χ3n) is 2.65. The molecule has 5 heteroatoms. The first kappa shape index (κ1) is 15.4. The number of hydrogen-bond donors (Lipinski definition) is 2. The van der Waals surface area contributed by atoms with Crippen LogP contribution < -0.4 is 5.32 Å². The van der Waals surface area contributed by atoms with Gasteiger partial charge >= 0.3 is 5.97 Å². The summed E-state index contributed by atoms with van der Waals surface area (Å²) in [5, 5.41) is 13.5. The molecule has 4 nitrogen and oxygen atoms in total. The maximum absolute atomic E-state index is 11.7. The summed E-state index contributed by atoms with van der Waals surface area (Å²) in [5.41, 5.74) is 0. The Balaban J connectivity index is 2.29. The van der Waals surface area contributed by atoms with E-state index in [-0.39, 0.29) is 5.91 Å². The lowest BCUT2D eigenvalue weighted by Crippen LogP contribution is -2.40. The molecule has 19 heavy (non-hydrogen) atoms. The van der Waals surface area contributed by atoms with Crippen LogP contribution in [0, 0.1) is 0 Å². The minimum absolute atomic E-state index is 0.201. The molecule has 0 aromatic carbocycles. The highest BCUT2D eigenvalue weighted by molar-refractivity contribution is 7.09. The molecule has 1 amide bonds. The third kappa shape index (κ3) is 6.20. The van der Waals surface area contributed by atoms with Crippen LogP contribution in [0.15, 0.2) is 29.7 Å². The molecular weight excluding hydrogens is 262 g/mol. The molecule has 104 valence electrons. The standard InChI is InChI=1S/C14H19NO3S/c1-2-3-8-12(14(17)18)15-13(16)9-4-6-11-7-5-10-19-11/h2-3,5,7,10,12H,4,6,8-9H2,1H3,(H,15,16)(H,17,18)/b3-2+. The van der Waals surface area contributed by atoms with Crippen LogP contribution in [0.4, 0.5) is 0 Å². The number of rotatable bonds is 8. The first-order valence-corrected chi connectivity index (χ1v) is 7.17. The highest BCUT2D eigenvalue weighted by Gasteiger charge is 2.17. The predicted octanol–water partition coefficient (Wildman–Crippen LogP) is 2.61. The Kier molecular flexibility index (Phi) is 6.89. The fourth-order valence-corrected chi connectivity index (χ4v) is 2.39. The van der Waals surface area contributed by atoms with Crippen molar-refractivity contribution in [1.29, 1.82) is 0 Å². The van der Waals surface area contributed by atoms with Crippen LogP contribution in [-0.2, 0) is 16.0 Å². The van der Waals surface area contributed by atoms with Gasteiger partial charge in [0.1, 0.15) is 6.04 Å². The van der Waals surface area contributed by atoms with E-state index in [2.05, 4.69) is 5.32 Å². The number of carboxylic acids is 1. The van der Waals surface area contributed by atoms with Gasteiger partial charge in [-0.3, -0.25) is 4.79 Å². The maximum Gasteiger partial charge on any atom is 0.326 e. The Morgan fingerprint density at radius 1 is 1.53 bits per heavy atom. The summed E-state index contributed by atoms with van der Waals surface area (Å²) in [6.07, 6.45) is 5.80. The average Bonchev–Trinajstić information content (AvgIpc) is 2.87. The van der Waals surface area contributed by atoms with E-state index in [1.54, 1.807) is 23.5 Å². The van der Waals surface area contributed by atoms with E-state index in [4.69, 9.17) is 5.11 Å². The fraction of sp³-hybridized carbons (Fsp3) is 0.429. The summed E-state index contributed by atoms with van der Waals surface area (Å²) in [5.74, 6) is -1.20. The molecule has 0 aliphatic carbocycles. The molecule has 0 bridgehead atoms. The van der Waals surface area contributed by atoms with Crippen molar-refractivity contribution in [1.82, 2.24) is 5.32 Å². The van der Waals surface area contributed by atoms with Crippen LogP contribution in [0.3, 0.4) is 0 Å². The van der Waals surface area contributed by atoms with Gasteiger partial charge in [-0.2, -0.15) is 0 Å². The lowest BCUT2D eigenvalue weighted by molar-refractivity contribution is -0.141. The zero-order valence-electron chi connectivity index (χ0n) is 11.0. The molecule has 0 fully saturated rings. The van der Waals surface area contributed by atoms with Gasteiger partial charge in [0.15, 0.2) is 0 Å². The second-order valence-electron chi connectivity index (χ2n) is 4.20. The van der Waals surface area contributed by atoms with E-state index in [1.165, 1.54) is 4.88 Å². The van der Waals surface area contributed by atoms with Crippen molar-refractivity contribution >= 4 is 23.2 Å². The molecule has 0 aliphatic heterocycles. The summed E-state index contributed by atoms with van der Waals surface area (Å²) in [6, 6.07) is 3.19. The zero-order valence-corrected chi connectivity index (χ0v) is 11.8. The van der Waals surface area contributed by atoms with E-state index in [0.29, 0.717) is 12.8 Å². The quantitative estimate of drug-likeness (QED) is 0.720. The molecule has 0 saturated carbocycles. The zero-order chi connectivity index (χ0) is 14.1. The number of carboxylic acid groups (broad SMARTS) is 1. The Morgan fingerprint density at radius 3 is 2.89 bits per heavy atom. The van der Waals surface area contributed by atoms with E-state index < -0.39 is 12.0 Å². The second kappa shape index (κ2) is 8.48. The SMILES string of the molecule is C/C=C/CC(NC(=O)CCCc1cccs1)C(=O)O. The lowest BCUT2D eigenvalue weighted by Gasteiger charge is -2.12.